The number of methoxy groups -OCH3 is 1. The van der Waals surface area contributed by atoms with Crippen LogP contribution in [0.1, 0.15) is 41.4 Å². The molecule has 192 valence electrons. The normalized spacial score (nSPS) is 18.5. The van der Waals surface area contributed by atoms with E-state index in [0.717, 1.165) is 70.9 Å². The number of nitrogen functional groups attached to an aromatic ring is 1. The van der Waals surface area contributed by atoms with Crippen LogP contribution < -0.4 is 21.1 Å². The minimum absolute atomic E-state index is 0.0151. The predicted molar refractivity (Wildman–Crippen MR) is 148 cm³/mol. The van der Waals surface area contributed by atoms with Crippen LogP contribution in [-0.2, 0) is 6.42 Å². The molecule has 0 amide bonds. The van der Waals surface area contributed by atoms with E-state index in [4.69, 9.17) is 37.8 Å². The topological polar surface area (TPSA) is 108 Å². The maximum atomic E-state index is 6.87. The lowest BCUT2D eigenvalue weighted by Crippen LogP contribution is -2.45. The van der Waals surface area contributed by atoms with Crippen LogP contribution in [0.5, 0.6) is 5.75 Å². The molecule has 1 saturated heterocycles. The summed E-state index contributed by atoms with van der Waals surface area (Å²) >= 11 is 7.97. The van der Waals surface area contributed by atoms with E-state index >= 15 is 0 Å². The fourth-order valence-corrected chi connectivity index (χ4v) is 7.01. The maximum absolute atomic E-state index is 6.87. The second-order valence-corrected chi connectivity index (χ2v) is 11.5. The summed E-state index contributed by atoms with van der Waals surface area (Å²) in [5, 5.41) is 0.449. The number of piperidine rings is 1. The van der Waals surface area contributed by atoms with E-state index in [1.54, 1.807) is 13.3 Å². The summed E-state index contributed by atoms with van der Waals surface area (Å²) in [6.07, 6.45) is 6.74. The third-order valence-corrected chi connectivity index (χ3v) is 9.62. The number of nitrogens with zero attached hydrogens (tertiary/aromatic N) is 5. The van der Waals surface area contributed by atoms with Gasteiger partial charge in [-0.3, -0.25) is 4.40 Å². The number of aromatic nitrogens is 4. The molecule has 0 saturated carbocycles. The molecule has 1 fully saturated rings. The summed E-state index contributed by atoms with van der Waals surface area (Å²) in [5.41, 5.74) is 18.2. The Balaban J connectivity index is 1.29. The van der Waals surface area contributed by atoms with Crippen molar-refractivity contribution >= 4 is 40.8 Å². The molecule has 2 aliphatic rings. The number of anilines is 2. The van der Waals surface area contributed by atoms with Gasteiger partial charge >= 0.3 is 0 Å². The van der Waals surface area contributed by atoms with Crippen LogP contribution in [0.15, 0.2) is 46.5 Å². The first-order valence-electron chi connectivity index (χ1n) is 12.4. The SMILES string of the molecule is COc1ccc2c(c1)[C@@H](N)C1(CCN(c3nc(C)c(Sc4ccnc(N)c4Cl)c4nc(C)cn34)CC1)C2. The predicted octanol–water partition coefficient (Wildman–Crippen LogP) is 4.98. The summed E-state index contributed by atoms with van der Waals surface area (Å²) in [6, 6.07) is 8.21. The molecule has 0 bridgehead atoms. The standard InChI is InChI=1S/C27H30ClN7OS/c1-15-14-35-25(32-15)22(37-20-6-9-31-24(30)21(20)28)16(2)33-26(35)34-10-7-27(8-11-34)13-17-4-5-18(36-3)12-19(17)23(27)29/h4-6,9,12,14,23H,7-8,10-11,13,29H2,1-3H3,(H2,30,31)/t23-/m1/s1. The number of aryl methyl sites for hydroxylation is 2. The van der Waals surface area contributed by atoms with Crippen LogP contribution >= 0.6 is 23.4 Å². The second kappa shape index (κ2) is 9.08. The van der Waals surface area contributed by atoms with Gasteiger partial charge in [-0.15, -0.1) is 0 Å². The van der Waals surface area contributed by atoms with Gasteiger partial charge in [-0.1, -0.05) is 29.4 Å². The highest BCUT2D eigenvalue weighted by Gasteiger charge is 2.46. The molecule has 0 unspecified atom stereocenters. The Morgan fingerprint density at radius 2 is 1.95 bits per heavy atom. The van der Waals surface area contributed by atoms with Crippen LogP contribution in [0, 0.1) is 19.3 Å². The number of hydrogen-bond donors (Lipinski definition) is 2. The van der Waals surface area contributed by atoms with Gasteiger partial charge in [0, 0.05) is 36.4 Å². The van der Waals surface area contributed by atoms with Crippen molar-refractivity contribution in [2.24, 2.45) is 11.1 Å². The van der Waals surface area contributed by atoms with Gasteiger partial charge in [-0.25, -0.2) is 15.0 Å². The molecule has 1 aromatic carbocycles. The highest BCUT2D eigenvalue weighted by molar-refractivity contribution is 7.99. The minimum atomic E-state index is 0.0151. The zero-order valence-electron chi connectivity index (χ0n) is 21.2. The third kappa shape index (κ3) is 4.00. The van der Waals surface area contributed by atoms with Crippen LogP contribution in [0.2, 0.25) is 5.02 Å². The third-order valence-electron chi connectivity index (χ3n) is 7.87. The van der Waals surface area contributed by atoms with Gasteiger partial charge in [0.25, 0.3) is 0 Å². The van der Waals surface area contributed by atoms with Crippen molar-refractivity contribution in [1.29, 1.82) is 0 Å². The van der Waals surface area contributed by atoms with Crippen molar-refractivity contribution in [1.82, 2.24) is 19.4 Å². The summed E-state index contributed by atoms with van der Waals surface area (Å²) in [4.78, 5) is 18.2. The molecular weight excluding hydrogens is 506 g/mol. The Hall–Kier alpha value is -3.01. The Kier molecular flexibility index (Phi) is 5.97. The molecule has 1 spiro atoms. The first-order chi connectivity index (χ1) is 17.8. The number of ether oxygens (including phenoxy) is 1. The molecule has 37 heavy (non-hydrogen) atoms. The van der Waals surface area contributed by atoms with Crippen LogP contribution in [0.25, 0.3) is 5.65 Å². The van der Waals surface area contributed by atoms with Gasteiger partial charge in [0.05, 0.1) is 28.4 Å². The van der Waals surface area contributed by atoms with E-state index < -0.39 is 0 Å². The van der Waals surface area contributed by atoms with Gasteiger partial charge < -0.3 is 21.1 Å². The molecule has 4 heterocycles. The Bertz CT molecular complexity index is 1510. The number of pyridine rings is 1. The minimum Gasteiger partial charge on any atom is -0.497 e. The van der Waals surface area contributed by atoms with Gasteiger partial charge in [-0.2, -0.15) is 0 Å². The Morgan fingerprint density at radius 1 is 1.16 bits per heavy atom. The largest absolute Gasteiger partial charge is 0.497 e. The number of nitrogens with two attached hydrogens (primary N) is 2. The van der Waals surface area contributed by atoms with Crippen molar-refractivity contribution in [3.63, 3.8) is 0 Å². The number of rotatable bonds is 4. The number of benzene rings is 1. The van der Waals surface area contributed by atoms with Gasteiger partial charge in [0.15, 0.2) is 5.65 Å². The van der Waals surface area contributed by atoms with Gasteiger partial charge in [0.2, 0.25) is 5.95 Å². The fraction of sp³-hybridized carbons (Fsp3) is 0.370. The Labute approximate surface area is 225 Å². The van der Waals surface area contributed by atoms with E-state index in [0.29, 0.717) is 10.8 Å². The molecule has 6 rings (SSSR count). The van der Waals surface area contributed by atoms with Crippen molar-refractivity contribution in [2.45, 2.75) is 48.9 Å². The molecule has 1 aliphatic heterocycles. The summed E-state index contributed by atoms with van der Waals surface area (Å²) in [6.45, 7) is 5.80. The number of halogens is 1. The monoisotopic (exact) mass is 535 g/mol. The molecule has 4 N–H and O–H groups in total. The van der Waals surface area contributed by atoms with E-state index in [1.807, 2.05) is 26.0 Å². The van der Waals surface area contributed by atoms with Gasteiger partial charge in [-0.05, 0) is 67.9 Å². The van der Waals surface area contributed by atoms with E-state index in [1.165, 1.54) is 22.9 Å². The van der Waals surface area contributed by atoms with Crippen molar-refractivity contribution in [3.05, 3.63) is 64.2 Å². The molecule has 1 aliphatic carbocycles. The smallest absolute Gasteiger partial charge is 0.211 e. The summed E-state index contributed by atoms with van der Waals surface area (Å²) in [7, 11) is 1.70. The molecule has 0 radical (unpaired) electrons. The average Bonchev–Trinajstić information content (AvgIpc) is 3.41. The summed E-state index contributed by atoms with van der Waals surface area (Å²) < 4.78 is 7.56. The first kappa shape index (κ1) is 24.3. The van der Waals surface area contributed by atoms with Crippen molar-refractivity contribution < 1.29 is 4.74 Å². The zero-order valence-corrected chi connectivity index (χ0v) is 22.7. The number of hydrogen-bond acceptors (Lipinski definition) is 8. The van der Waals surface area contributed by atoms with Crippen LogP contribution in [-0.4, -0.2) is 39.6 Å². The van der Waals surface area contributed by atoms with Crippen molar-refractivity contribution in [3.8, 4) is 5.75 Å². The maximum Gasteiger partial charge on any atom is 0.211 e. The molecule has 1 atom stereocenters. The molecule has 8 nitrogen and oxygen atoms in total. The lowest BCUT2D eigenvalue weighted by molar-refractivity contribution is 0.186. The molecule has 3 aromatic heterocycles. The van der Waals surface area contributed by atoms with E-state index in [-0.39, 0.29) is 11.5 Å². The number of imidazole rings is 1. The second-order valence-electron chi connectivity index (χ2n) is 10.1. The fourth-order valence-electron chi connectivity index (χ4n) is 5.81. The molecule has 10 heteroatoms. The van der Waals surface area contributed by atoms with E-state index in [9.17, 15) is 0 Å². The molecule has 4 aromatic rings. The summed E-state index contributed by atoms with van der Waals surface area (Å²) in [5.74, 6) is 2.10. The zero-order chi connectivity index (χ0) is 25.9. The first-order valence-corrected chi connectivity index (χ1v) is 13.6. The highest BCUT2D eigenvalue weighted by atomic mass is 35.5. The quantitative estimate of drug-likeness (QED) is 0.377. The lowest BCUT2D eigenvalue weighted by atomic mass is 9.73. The lowest BCUT2D eigenvalue weighted by Gasteiger charge is -2.42. The average molecular weight is 536 g/mol. The van der Waals surface area contributed by atoms with E-state index in [2.05, 4.69) is 32.6 Å². The van der Waals surface area contributed by atoms with Crippen LogP contribution in [0.3, 0.4) is 0 Å². The number of fused-ring (bicyclic) bond motifs is 2. The van der Waals surface area contributed by atoms with Crippen molar-refractivity contribution in [2.75, 3.05) is 30.8 Å². The Morgan fingerprint density at radius 3 is 2.70 bits per heavy atom. The molecular formula is C27H30ClN7OS. The van der Waals surface area contributed by atoms with Crippen LogP contribution in [0.4, 0.5) is 11.8 Å². The highest BCUT2D eigenvalue weighted by Crippen LogP contribution is 2.52. The van der Waals surface area contributed by atoms with Gasteiger partial charge in [0.1, 0.15) is 11.6 Å².